The van der Waals surface area contributed by atoms with Gasteiger partial charge in [-0.2, -0.15) is 0 Å². The monoisotopic (exact) mass is 272 g/mol. The number of nitrogens with one attached hydrogen (secondary N) is 1. The fourth-order valence-corrected chi connectivity index (χ4v) is 1.69. The number of amides is 1. The molecule has 0 unspecified atom stereocenters. The Balaban J connectivity index is 2.26. The van der Waals surface area contributed by atoms with Gasteiger partial charge in [-0.15, -0.1) is 0 Å². The van der Waals surface area contributed by atoms with Crippen molar-refractivity contribution in [1.29, 1.82) is 0 Å². The summed E-state index contributed by atoms with van der Waals surface area (Å²) in [7, 11) is 0. The molecular formula is C14H12N2O4. The Morgan fingerprint density at radius 3 is 2.70 bits per heavy atom. The van der Waals surface area contributed by atoms with Gasteiger partial charge in [0.1, 0.15) is 11.4 Å². The van der Waals surface area contributed by atoms with E-state index in [0.29, 0.717) is 16.8 Å². The van der Waals surface area contributed by atoms with Crippen LogP contribution in [0.25, 0.3) is 0 Å². The Kier molecular flexibility index (Phi) is 3.65. The zero-order valence-corrected chi connectivity index (χ0v) is 10.6. The van der Waals surface area contributed by atoms with E-state index in [1.54, 1.807) is 19.1 Å². The minimum Gasteiger partial charge on any atom is -0.508 e. The van der Waals surface area contributed by atoms with E-state index < -0.39 is 11.9 Å². The summed E-state index contributed by atoms with van der Waals surface area (Å²) in [6.45, 7) is 1.62. The number of anilines is 1. The molecule has 0 saturated carbocycles. The summed E-state index contributed by atoms with van der Waals surface area (Å²) >= 11 is 0. The molecule has 2 rings (SSSR count). The quantitative estimate of drug-likeness (QED) is 0.794. The molecule has 0 saturated heterocycles. The molecule has 0 fully saturated rings. The van der Waals surface area contributed by atoms with Gasteiger partial charge in [0.25, 0.3) is 5.91 Å². The number of aromatic nitrogens is 1. The van der Waals surface area contributed by atoms with Crippen molar-refractivity contribution in [3.8, 4) is 5.75 Å². The highest BCUT2D eigenvalue weighted by Gasteiger charge is 2.12. The number of hydrogen-bond donors (Lipinski definition) is 3. The van der Waals surface area contributed by atoms with E-state index >= 15 is 0 Å². The Morgan fingerprint density at radius 2 is 2.00 bits per heavy atom. The number of carbonyl (C=O) groups excluding carboxylic acids is 1. The maximum Gasteiger partial charge on any atom is 0.354 e. The predicted molar refractivity (Wildman–Crippen MR) is 72.0 cm³/mol. The van der Waals surface area contributed by atoms with Gasteiger partial charge in [0, 0.05) is 23.0 Å². The molecule has 0 radical (unpaired) electrons. The molecule has 0 aliphatic heterocycles. The maximum atomic E-state index is 12.1. The van der Waals surface area contributed by atoms with Crippen molar-refractivity contribution in [2.45, 2.75) is 6.92 Å². The highest BCUT2D eigenvalue weighted by molar-refractivity contribution is 6.06. The number of rotatable bonds is 3. The number of carbonyl (C=O) groups is 2. The molecule has 2 aromatic rings. The summed E-state index contributed by atoms with van der Waals surface area (Å²) < 4.78 is 0. The van der Waals surface area contributed by atoms with E-state index in [1.807, 2.05) is 0 Å². The van der Waals surface area contributed by atoms with Gasteiger partial charge in [0.05, 0.1) is 0 Å². The van der Waals surface area contributed by atoms with Crippen LogP contribution >= 0.6 is 0 Å². The zero-order chi connectivity index (χ0) is 14.7. The number of carboxylic acid groups (broad SMARTS) is 1. The average Bonchev–Trinajstić information content (AvgIpc) is 2.42. The van der Waals surface area contributed by atoms with Crippen molar-refractivity contribution in [3.05, 3.63) is 53.3 Å². The van der Waals surface area contributed by atoms with E-state index in [0.717, 1.165) is 0 Å². The van der Waals surface area contributed by atoms with Crippen molar-refractivity contribution in [1.82, 2.24) is 4.98 Å². The van der Waals surface area contributed by atoms with Gasteiger partial charge in [-0.05, 0) is 31.2 Å². The number of aromatic carboxylic acids is 1. The van der Waals surface area contributed by atoms with E-state index in [2.05, 4.69) is 10.3 Å². The molecule has 1 aromatic carbocycles. The number of carboxylic acids is 1. The molecule has 0 bridgehead atoms. The summed E-state index contributed by atoms with van der Waals surface area (Å²) in [5.41, 5.74) is 0.941. The largest absolute Gasteiger partial charge is 0.508 e. The first-order valence-electron chi connectivity index (χ1n) is 5.78. The molecular weight excluding hydrogens is 260 g/mol. The molecule has 102 valence electrons. The number of phenols is 1. The number of hydrogen-bond acceptors (Lipinski definition) is 4. The van der Waals surface area contributed by atoms with Crippen molar-refractivity contribution in [2.24, 2.45) is 0 Å². The van der Waals surface area contributed by atoms with Gasteiger partial charge in [-0.3, -0.25) is 4.79 Å². The van der Waals surface area contributed by atoms with Gasteiger partial charge >= 0.3 is 5.97 Å². The van der Waals surface area contributed by atoms with E-state index in [4.69, 9.17) is 5.11 Å². The summed E-state index contributed by atoms with van der Waals surface area (Å²) in [4.78, 5) is 26.5. The minimum absolute atomic E-state index is 0.0265. The van der Waals surface area contributed by atoms with Gasteiger partial charge in [-0.1, -0.05) is 6.07 Å². The van der Waals surface area contributed by atoms with Gasteiger partial charge in [-0.25, -0.2) is 9.78 Å². The number of nitrogens with zero attached hydrogens (tertiary/aromatic N) is 1. The van der Waals surface area contributed by atoms with Crippen LogP contribution in [-0.2, 0) is 0 Å². The normalized spacial score (nSPS) is 10.1. The first kappa shape index (κ1) is 13.5. The highest BCUT2D eigenvalue weighted by Crippen LogP contribution is 2.20. The smallest absolute Gasteiger partial charge is 0.354 e. The molecule has 6 nitrogen and oxygen atoms in total. The first-order chi connectivity index (χ1) is 9.49. The Hall–Kier alpha value is -2.89. The number of benzene rings is 1. The van der Waals surface area contributed by atoms with Crippen LogP contribution in [0.4, 0.5) is 5.69 Å². The lowest BCUT2D eigenvalue weighted by molar-refractivity contribution is 0.0690. The van der Waals surface area contributed by atoms with Crippen LogP contribution in [0, 0.1) is 6.92 Å². The molecule has 1 aromatic heterocycles. The van der Waals surface area contributed by atoms with Gasteiger partial charge in [0.15, 0.2) is 0 Å². The Morgan fingerprint density at radius 1 is 1.25 bits per heavy atom. The van der Waals surface area contributed by atoms with Crippen LogP contribution in [0.5, 0.6) is 5.75 Å². The lowest BCUT2D eigenvalue weighted by atomic mass is 10.1. The van der Waals surface area contributed by atoms with Crippen LogP contribution in [0.2, 0.25) is 0 Å². The Bertz CT molecular complexity index is 683. The number of pyridine rings is 1. The van der Waals surface area contributed by atoms with Crippen LogP contribution in [-0.4, -0.2) is 27.1 Å². The lowest BCUT2D eigenvalue weighted by Gasteiger charge is -2.09. The fraction of sp³-hybridized carbons (Fsp3) is 0.0714. The van der Waals surface area contributed by atoms with Crippen molar-refractivity contribution in [3.63, 3.8) is 0 Å². The third-order valence-electron chi connectivity index (χ3n) is 2.79. The second kappa shape index (κ2) is 5.40. The minimum atomic E-state index is -1.17. The lowest BCUT2D eigenvalue weighted by Crippen LogP contribution is -2.14. The zero-order valence-electron chi connectivity index (χ0n) is 10.6. The molecule has 6 heteroatoms. The molecule has 0 atom stereocenters. The summed E-state index contributed by atoms with van der Waals surface area (Å²) in [6.07, 6.45) is 1.30. The second-order valence-electron chi connectivity index (χ2n) is 4.14. The molecule has 0 spiro atoms. The predicted octanol–water partition coefficient (Wildman–Crippen LogP) is 2.05. The molecule has 20 heavy (non-hydrogen) atoms. The van der Waals surface area contributed by atoms with E-state index in [9.17, 15) is 14.7 Å². The summed E-state index contributed by atoms with van der Waals surface area (Å²) in [5.74, 6) is -1.57. The average molecular weight is 272 g/mol. The van der Waals surface area contributed by atoms with Gasteiger partial charge < -0.3 is 15.5 Å². The number of aromatic hydroxyl groups is 1. The van der Waals surface area contributed by atoms with E-state index in [1.165, 1.54) is 24.4 Å². The molecule has 1 amide bonds. The van der Waals surface area contributed by atoms with Gasteiger partial charge in [0.2, 0.25) is 0 Å². The standard InChI is InChI=1S/C14H12N2O4/c1-8-10(3-2-4-12(8)17)13(18)16-9-5-6-15-11(7-9)14(19)20/h2-7,17H,1H3,(H,19,20)(H,15,16,18). The topological polar surface area (TPSA) is 99.5 Å². The molecule has 3 N–H and O–H groups in total. The third-order valence-corrected chi connectivity index (χ3v) is 2.79. The molecule has 1 heterocycles. The number of phenolic OH excluding ortho intramolecular Hbond substituents is 1. The van der Waals surface area contributed by atoms with Crippen molar-refractivity contribution in [2.75, 3.05) is 5.32 Å². The Labute approximate surface area is 114 Å². The SMILES string of the molecule is Cc1c(O)cccc1C(=O)Nc1ccnc(C(=O)O)c1. The fourth-order valence-electron chi connectivity index (χ4n) is 1.69. The molecule has 0 aliphatic rings. The van der Waals surface area contributed by atoms with Crippen LogP contribution < -0.4 is 5.32 Å². The second-order valence-corrected chi connectivity index (χ2v) is 4.14. The van der Waals surface area contributed by atoms with Crippen molar-refractivity contribution >= 4 is 17.6 Å². The maximum absolute atomic E-state index is 12.1. The molecule has 0 aliphatic carbocycles. The third kappa shape index (κ3) is 2.74. The first-order valence-corrected chi connectivity index (χ1v) is 5.78. The van der Waals surface area contributed by atoms with Crippen LogP contribution in [0.3, 0.4) is 0 Å². The van der Waals surface area contributed by atoms with Crippen molar-refractivity contribution < 1.29 is 19.8 Å². The highest BCUT2D eigenvalue weighted by atomic mass is 16.4. The summed E-state index contributed by atoms with van der Waals surface area (Å²) in [5, 5.41) is 21.0. The van der Waals surface area contributed by atoms with E-state index in [-0.39, 0.29) is 11.4 Å². The van der Waals surface area contributed by atoms with Crippen LogP contribution in [0.15, 0.2) is 36.5 Å². The summed E-state index contributed by atoms with van der Waals surface area (Å²) in [6, 6.07) is 7.37. The van der Waals surface area contributed by atoms with Crippen LogP contribution in [0.1, 0.15) is 26.4 Å².